The van der Waals surface area contributed by atoms with Crippen LogP contribution < -0.4 is 16.0 Å². The highest BCUT2D eigenvalue weighted by molar-refractivity contribution is 5.85. The monoisotopic (exact) mass is 568 g/mol. The van der Waals surface area contributed by atoms with Crippen LogP contribution in [0.2, 0.25) is 0 Å². The minimum absolute atomic E-state index is 0.176. The molecule has 1 aliphatic carbocycles. The van der Waals surface area contributed by atoms with Crippen molar-refractivity contribution >= 4 is 22.5 Å². The Hall–Kier alpha value is -4.24. The van der Waals surface area contributed by atoms with Crippen LogP contribution in [0.3, 0.4) is 0 Å². The van der Waals surface area contributed by atoms with Crippen molar-refractivity contribution in [2.24, 2.45) is 10.7 Å². The summed E-state index contributed by atoms with van der Waals surface area (Å²) >= 11 is 0. The average molecular weight is 569 g/mol. The van der Waals surface area contributed by atoms with Gasteiger partial charge in [-0.05, 0) is 74.1 Å². The van der Waals surface area contributed by atoms with Gasteiger partial charge < -0.3 is 15.4 Å². The number of rotatable bonds is 6. The highest BCUT2D eigenvalue weighted by Gasteiger charge is 2.37. The molecule has 0 amide bonds. The first-order valence-electron chi connectivity index (χ1n) is 14.6. The lowest BCUT2D eigenvalue weighted by atomic mass is 10.0. The first kappa shape index (κ1) is 27.9. The number of guanidine groups is 1. The molecule has 2 aliphatic rings. The first-order valence-corrected chi connectivity index (χ1v) is 14.6. The Morgan fingerprint density at radius 2 is 1.76 bits per heavy atom. The van der Waals surface area contributed by atoms with Crippen molar-refractivity contribution in [1.29, 1.82) is 0 Å². The number of nitrogens with two attached hydrogens (primary N) is 1. The molecule has 1 aliphatic heterocycles. The summed E-state index contributed by atoms with van der Waals surface area (Å²) in [6.07, 6.45) is 4.06. The van der Waals surface area contributed by atoms with Crippen molar-refractivity contribution < 1.29 is 9.13 Å². The van der Waals surface area contributed by atoms with Crippen LogP contribution in [0, 0.1) is 5.82 Å². The normalized spacial score (nSPS) is 19.8. The second-order valence-electron chi connectivity index (χ2n) is 11.5. The summed E-state index contributed by atoms with van der Waals surface area (Å²) in [5, 5.41) is 0.485. The molecule has 2 unspecified atom stereocenters. The molecule has 0 radical (unpaired) electrons. The van der Waals surface area contributed by atoms with Gasteiger partial charge in [-0.25, -0.2) is 14.4 Å². The fourth-order valence-electron chi connectivity index (χ4n) is 6.67. The van der Waals surface area contributed by atoms with Crippen LogP contribution in [0.5, 0.6) is 5.75 Å². The average Bonchev–Trinajstić information content (AvgIpc) is 3.40. The third kappa shape index (κ3) is 5.48. The van der Waals surface area contributed by atoms with Crippen molar-refractivity contribution in [2.45, 2.75) is 57.8 Å². The van der Waals surface area contributed by atoms with Crippen LogP contribution in [-0.2, 0) is 25.8 Å². The van der Waals surface area contributed by atoms with E-state index in [1.54, 1.807) is 30.3 Å². The van der Waals surface area contributed by atoms with Gasteiger partial charge >= 0.3 is 0 Å². The van der Waals surface area contributed by atoms with Crippen molar-refractivity contribution in [3.8, 4) is 5.75 Å². The summed E-state index contributed by atoms with van der Waals surface area (Å²) in [6, 6.07) is 20.0. The number of methoxy groups -OCH3 is 1. The van der Waals surface area contributed by atoms with Gasteiger partial charge in [-0.2, -0.15) is 0 Å². The van der Waals surface area contributed by atoms with Crippen LogP contribution >= 0.6 is 0 Å². The first-order chi connectivity index (χ1) is 20.3. The molecule has 6 rings (SSSR count). The van der Waals surface area contributed by atoms with Gasteiger partial charge in [-0.15, -0.1) is 0 Å². The number of aromatic nitrogens is 2. The molecule has 8 nitrogen and oxygen atoms in total. The molecule has 0 saturated carbocycles. The summed E-state index contributed by atoms with van der Waals surface area (Å²) in [6.45, 7) is 6.46. The summed E-state index contributed by atoms with van der Waals surface area (Å²) in [5.41, 5.74) is 11.0. The van der Waals surface area contributed by atoms with Crippen LogP contribution in [0.1, 0.15) is 30.5 Å². The molecule has 42 heavy (non-hydrogen) atoms. The second-order valence-corrected chi connectivity index (χ2v) is 11.5. The third-order valence-corrected chi connectivity index (χ3v) is 8.70. The van der Waals surface area contributed by atoms with Crippen LogP contribution in [0.15, 0.2) is 76.8 Å². The van der Waals surface area contributed by atoms with Crippen molar-refractivity contribution in [3.63, 3.8) is 0 Å². The van der Waals surface area contributed by atoms with E-state index in [-0.39, 0.29) is 11.4 Å². The Bertz CT molecular complexity index is 1670. The molecule has 0 bridgehead atoms. The number of hydrogen-bond acceptors (Lipinski definition) is 5. The molecule has 0 spiro atoms. The molecular formula is C33H37FN6O2. The zero-order chi connectivity index (χ0) is 29.4. The highest BCUT2D eigenvalue weighted by atomic mass is 19.1. The number of nitrogens with zero attached hydrogens (tertiary/aromatic N) is 5. The topological polar surface area (TPSA) is 89.0 Å². The SMILES string of the molecule is COc1ccc(CCn2cnc3cc(N=C(N)N4CC(C)N(C5Cc6ccccc6C5)C(C)C4)ccc3c2=O)c(F)c1. The summed E-state index contributed by atoms with van der Waals surface area (Å²) in [4.78, 5) is 27.1. The van der Waals surface area contributed by atoms with E-state index in [9.17, 15) is 9.18 Å². The van der Waals surface area contributed by atoms with Crippen molar-refractivity contribution in [1.82, 2.24) is 19.4 Å². The minimum Gasteiger partial charge on any atom is -0.497 e. The lowest BCUT2D eigenvalue weighted by Crippen LogP contribution is -2.62. The summed E-state index contributed by atoms with van der Waals surface area (Å²) in [5.74, 6) is 0.574. The molecule has 1 saturated heterocycles. The van der Waals surface area contributed by atoms with Crippen LogP contribution in [-0.4, -0.2) is 63.6 Å². The number of piperazine rings is 1. The summed E-state index contributed by atoms with van der Waals surface area (Å²) < 4.78 is 20.9. The molecule has 3 aromatic carbocycles. The second kappa shape index (κ2) is 11.6. The van der Waals surface area contributed by atoms with Crippen molar-refractivity contribution in [3.05, 3.63) is 99.9 Å². The van der Waals surface area contributed by atoms with E-state index in [0.717, 1.165) is 25.9 Å². The smallest absolute Gasteiger partial charge is 0.261 e. The number of aliphatic imine (C=N–C) groups is 1. The summed E-state index contributed by atoms with van der Waals surface area (Å²) in [7, 11) is 1.50. The van der Waals surface area contributed by atoms with Crippen molar-refractivity contribution in [2.75, 3.05) is 20.2 Å². The number of aryl methyl sites for hydroxylation is 2. The van der Waals surface area contributed by atoms with E-state index in [1.807, 2.05) is 0 Å². The lowest BCUT2D eigenvalue weighted by Gasteiger charge is -2.47. The van der Waals surface area contributed by atoms with Crippen LogP contribution in [0.4, 0.5) is 10.1 Å². The zero-order valence-electron chi connectivity index (χ0n) is 24.3. The Balaban J connectivity index is 1.13. The standard InChI is InChI=1S/C33H37FN6O2/c1-21-18-39(19-22(2)40(21)27-14-24-6-4-5-7-25(24)15-27)33(35)37-26-9-11-29-31(16-26)36-20-38(32(29)41)13-12-23-8-10-28(42-3)17-30(23)34/h4-11,16-17,20-22,27H,12-15,18-19H2,1-3H3,(H2,35,37). The number of benzene rings is 3. The molecule has 2 atom stereocenters. The molecule has 218 valence electrons. The quantitative estimate of drug-likeness (QED) is 0.276. The molecule has 1 aromatic heterocycles. The van der Waals surface area contributed by atoms with Gasteiger partial charge in [0.15, 0.2) is 5.96 Å². The van der Waals surface area contributed by atoms with E-state index < -0.39 is 0 Å². The molecular weight excluding hydrogens is 531 g/mol. The largest absolute Gasteiger partial charge is 0.497 e. The van der Waals surface area contributed by atoms with Crippen LogP contribution in [0.25, 0.3) is 10.9 Å². The van der Waals surface area contributed by atoms with Gasteiger partial charge in [0.1, 0.15) is 11.6 Å². The fourth-order valence-corrected chi connectivity index (χ4v) is 6.67. The minimum atomic E-state index is -0.356. The maximum atomic E-state index is 14.3. The lowest BCUT2D eigenvalue weighted by molar-refractivity contribution is 0.0345. The maximum absolute atomic E-state index is 14.3. The predicted molar refractivity (Wildman–Crippen MR) is 164 cm³/mol. The maximum Gasteiger partial charge on any atom is 0.261 e. The number of hydrogen-bond donors (Lipinski definition) is 1. The van der Waals surface area contributed by atoms with Gasteiger partial charge in [0.2, 0.25) is 0 Å². The van der Waals surface area contributed by atoms with Gasteiger partial charge in [-0.1, -0.05) is 30.3 Å². The Labute approximate surface area is 245 Å². The van der Waals surface area contributed by atoms with E-state index in [4.69, 9.17) is 15.5 Å². The van der Waals surface area contributed by atoms with E-state index in [0.29, 0.717) is 65.0 Å². The predicted octanol–water partition coefficient (Wildman–Crippen LogP) is 4.30. The Morgan fingerprint density at radius 1 is 1.05 bits per heavy atom. The number of halogens is 1. The van der Waals surface area contributed by atoms with Gasteiger partial charge in [0, 0.05) is 43.8 Å². The van der Waals surface area contributed by atoms with Gasteiger partial charge in [0.05, 0.1) is 30.0 Å². The fraction of sp³-hybridized carbons (Fsp3) is 0.364. The van der Waals surface area contributed by atoms with Gasteiger partial charge in [0.25, 0.3) is 5.56 Å². The molecule has 9 heteroatoms. The number of fused-ring (bicyclic) bond motifs is 2. The van der Waals surface area contributed by atoms with E-state index >= 15 is 0 Å². The molecule has 2 heterocycles. The van der Waals surface area contributed by atoms with Gasteiger partial charge in [-0.3, -0.25) is 14.3 Å². The Morgan fingerprint density at radius 3 is 2.43 bits per heavy atom. The molecule has 4 aromatic rings. The van der Waals surface area contributed by atoms with E-state index in [2.05, 4.69) is 52.9 Å². The number of ether oxygens (including phenoxy) is 1. The Kier molecular flexibility index (Phi) is 7.68. The zero-order valence-corrected chi connectivity index (χ0v) is 24.3. The highest BCUT2D eigenvalue weighted by Crippen LogP contribution is 2.30. The molecule has 2 N–H and O–H groups in total. The third-order valence-electron chi connectivity index (χ3n) is 8.70. The molecule has 1 fully saturated rings. The van der Waals surface area contributed by atoms with E-state index in [1.165, 1.54) is 35.2 Å².